The van der Waals surface area contributed by atoms with Crippen molar-refractivity contribution in [2.24, 2.45) is 0 Å². The van der Waals surface area contributed by atoms with E-state index in [-0.39, 0.29) is 5.82 Å². The van der Waals surface area contributed by atoms with Crippen molar-refractivity contribution in [1.29, 1.82) is 0 Å². The first-order chi connectivity index (χ1) is 9.72. The molecule has 20 heavy (non-hydrogen) atoms. The van der Waals surface area contributed by atoms with E-state index in [1.165, 1.54) is 12.1 Å². The largest absolute Gasteiger partial charge is 0.429 e. The Balaban J connectivity index is 1.79. The van der Waals surface area contributed by atoms with Crippen LogP contribution in [-0.4, -0.2) is 35.8 Å². The standard InChI is InChI=1S/C14H15FN2O2S/c15-12-3-1-11(2-4-12)13-9-17(14(20)19-13)10-16-5-7-18-8-6-16/h1-4,9H,5-8,10H2. The van der Waals surface area contributed by atoms with Crippen molar-refractivity contribution in [1.82, 2.24) is 9.47 Å². The predicted octanol–water partition coefficient (Wildman–Crippen LogP) is 2.91. The lowest BCUT2D eigenvalue weighted by atomic mass is 10.2. The van der Waals surface area contributed by atoms with E-state index in [0.717, 1.165) is 31.9 Å². The molecule has 0 radical (unpaired) electrons. The second-order valence-corrected chi connectivity index (χ2v) is 5.06. The molecule has 1 aliphatic heterocycles. The van der Waals surface area contributed by atoms with Crippen molar-refractivity contribution in [3.8, 4) is 11.3 Å². The van der Waals surface area contributed by atoms with Gasteiger partial charge in [-0.2, -0.15) is 0 Å². The van der Waals surface area contributed by atoms with Crippen LogP contribution in [0.4, 0.5) is 4.39 Å². The Kier molecular flexibility index (Phi) is 3.95. The molecule has 106 valence electrons. The van der Waals surface area contributed by atoms with Crippen molar-refractivity contribution in [3.05, 3.63) is 41.1 Å². The molecule has 0 N–H and O–H groups in total. The third-order valence-electron chi connectivity index (χ3n) is 3.29. The lowest BCUT2D eigenvalue weighted by Crippen LogP contribution is -2.37. The minimum absolute atomic E-state index is 0.264. The summed E-state index contributed by atoms with van der Waals surface area (Å²) in [6.45, 7) is 3.95. The number of benzene rings is 1. The fraction of sp³-hybridized carbons (Fsp3) is 0.357. The molecular formula is C14H15FN2O2S. The highest BCUT2D eigenvalue weighted by Gasteiger charge is 2.13. The summed E-state index contributed by atoms with van der Waals surface area (Å²) >= 11 is 5.23. The third kappa shape index (κ3) is 2.98. The van der Waals surface area contributed by atoms with Crippen LogP contribution in [0.25, 0.3) is 11.3 Å². The van der Waals surface area contributed by atoms with Gasteiger partial charge in [0.1, 0.15) is 5.82 Å². The fourth-order valence-corrected chi connectivity index (χ4v) is 2.38. The summed E-state index contributed by atoms with van der Waals surface area (Å²) in [5.41, 5.74) is 0.818. The van der Waals surface area contributed by atoms with E-state index in [1.54, 1.807) is 12.1 Å². The number of rotatable bonds is 3. The van der Waals surface area contributed by atoms with Gasteiger partial charge in [-0.15, -0.1) is 0 Å². The van der Waals surface area contributed by atoms with Crippen LogP contribution < -0.4 is 0 Å². The summed E-state index contributed by atoms with van der Waals surface area (Å²) < 4.78 is 25.7. The van der Waals surface area contributed by atoms with Crippen molar-refractivity contribution in [3.63, 3.8) is 0 Å². The van der Waals surface area contributed by atoms with Crippen molar-refractivity contribution in [2.75, 3.05) is 26.3 Å². The predicted molar refractivity (Wildman–Crippen MR) is 75.3 cm³/mol. The van der Waals surface area contributed by atoms with E-state index >= 15 is 0 Å². The highest BCUT2D eigenvalue weighted by Crippen LogP contribution is 2.21. The highest BCUT2D eigenvalue weighted by molar-refractivity contribution is 7.71. The van der Waals surface area contributed by atoms with Crippen LogP contribution in [0.15, 0.2) is 34.9 Å². The fourth-order valence-electron chi connectivity index (χ4n) is 2.18. The first-order valence-corrected chi connectivity index (χ1v) is 6.89. The van der Waals surface area contributed by atoms with Gasteiger partial charge < -0.3 is 9.15 Å². The van der Waals surface area contributed by atoms with E-state index in [9.17, 15) is 4.39 Å². The summed E-state index contributed by atoms with van der Waals surface area (Å²) in [6, 6.07) is 6.18. The van der Waals surface area contributed by atoms with Gasteiger partial charge >= 0.3 is 0 Å². The van der Waals surface area contributed by atoms with Gasteiger partial charge in [-0.3, -0.25) is 9.47 Å². The molecule has 3 rings (SSSR count). The third-order valence-corrected chi connectivity index (χ3v) is 3.61. The Morgan fingerprint density at radius 2 is 1.85 bits per heavy atom. The molecular weight excluding hydrogens is 279 g/mol. The topological polar surface area (TPSA) is 30.5 Å². The normalized spacial score (nSPS) is 16.4. The molecule has 2 heterocycles. The zero-order chi connectivity index (χ0) is 13.9. The number of oxazole rings is 1. The molecule has 2 aromatic rings. The molecule has 1 aromatic heterocycles. The van der Waals surface area contributed by atoms with E-state index in [0.29, 0.717) is 17.3 Å². The molecule has 0 unspecified atom stereocenters. The zero-order valence-corrected chi connectivity index (χ0v) is 11.7. The SMILES string of the molecule is Fc1ccc(-c2cn(CN3CCOCC3)c(=S)o2)cc1. The van der Waals surface area contributed by atoms with Crippen LogP contribution >= 0.6 is 12.2 Å². The number of hydrogen-bond donors (Lipinski definition) is 0. The molecule has 1 saturated heterocycles. The number of morpholine rings is 1. The van der Waals surface area contributed by atoms with Crippen molar-refractivity contribution in [2.45, 2.75) is 6.67 Å². The van der Waals surface area contributed by atoms with Crippen LogP contribution in [0.1, 0.15) is 0 Å². The Morgan fingerprint density at radius 3 is 2.55 bits per heavy atom. The summed E-state index contributed by atoms with van der Waals surface area (Å²) in [5.74, 6) is 0.392. The average Bonchev–Trinajstić information content (AvgIpc) is 2.82. The van der Waals surface area contributed by atoms with Crippen LogP contribution in [-0.2, 0) is 11.4 Å². The number of hydrogen-bond acceptors (Lipinski definition) is 4. The number of nitrogens with zero attached hydrogens (tertiary/aromatic N) is 2. The van der Waals surface area contributed by atoms with E-state index in [4.69, 9.17) is 21.4 Å². The van der Waals surface area contributed by atoms with Crippen LogP contribution in [0, 0.1) is 10.7 Å². The average molecular weight is 294 g/mol. The van der Waals surface area contributed by atoms with Gasteiger partial charge in [0, 0.05) is 18.7 Å². The maximum absolute atomic E-state index is 12.9. The monoisotopic (exact) mass is 294 g/mol. The van der Waals surface area contributed by atoms with E-state index in [2.05, 4.69) is 4.90 Å². The van der Waals surface area contributed by atoms with Gasteiger partial charge in [0.2, 0.25) is 0 Å². The van der Waals surface area contributed by atoms with Gasteiger partial charge in [0.25, 0.3) is 4.84 Å². The molecule has 1 aliphatic rings. The van der Waals surface area contributed by atoms with Gasteiger partial charge in [0.05, 0.1) is 26.1 Å². The van der Waals surface area contributed by atoms with Gasteiger partial charge in [-0.1, -0.05) is 0 Å². The lowest BCUT2D eigenvalue weighted by molar-refractivity contribution is 0.0228. The maximum atomic E-state index is 12.9. The van der Waals surface area contributed by atoms with Crippen molar-refractivity contribution < 1.29 is 13.5 Å². The minimum atomic E-state index is -0.264. The second-order valence-electron chi connectivity index (χ2n) is 4.71. The summed E-state index contributed by atoms with van der Waals surface area (Å²) in [6.07, 6.45) is 1.87. The maximum Gasteiger partial charge on any atom is 0.270 e. The number of ether oxygens (including phenoxy) is 1. The lowest BCUT2D eigenvalue weighted by Gasteiger charge is -2.26. The molecule has 0 bridgehead atoms. The summed E-state index contributed by atoms with van der Waals surface area (Å²) in [4.78, 5) is 2.68. The molecule has 0 atom stereocenters. The van der Waals surface area contributed by atoms with E-state index in [1.807, 2.05) is 10.8 Å². The number of aromatic nitrogens is 1. The Morgan fingerprint density at radius 1 is 1.15 bits per heavy atom. The van der Waals surface area contributed by atoms with Crippen LogP contribution in [0.5, 0.6) is 0 Å². The van der Waals surface area contributed by atoms with Gasteiger partial charge in [-0.05, 0) is 36.5 Å². The molecule has 0 amide bonds. The first-order valence-electron chi connectivity index (χ1n) is 6.49. The second kappa shape index (κ2) is 5.87. The summed E-state index contributed by atoms with van der Waals surface area (Å²) in [5, 5.41) is 0. The van der Waals surface area contributed by atoms with Crippen LogP contribution in [0.2, 0.25) is 0 Å². The molecule has 1 aromatic carbocycles. The Labute approximate surface area is 121 Å². The Bertz CT molecular complexity index is 629. The molecule has 0 spiro atoms. The van der Waals surface area contributed by atoms with Gasteiger partial charge in [-0.25, -0.2) is 4.39 Å². The molecule has 6 heteroatoms. The first kappa shape index (κ1) is 13.5. The van der Waals surface area contributed by atoms with Crippen molar-refractivity contribution >= 4 is 12.2 Å². The summed E-state index contributed by atoms with van der Waals surface area (Å²) in [7, 11) is 0. The smallest absolute Gasteiger partial charge is 0.270 e. The number of halogens is 1. The zero-order valence-electron chi connectivity index (χ0n) is 10.9. The molecule has 1 fully saturated rings. The molecule has 0 saturated carbocycles. The van der Waals surface area contributed by atoms with Gasteiger partial charge in [0.15, 0.2) is 5.76 Å². The quantitative estimate of drug-likeness (QED) is 0.814. The van der Waals surface area contributed by atoms with E-state index < -0.39 is 0 Å². The highest BCUT2D eigenvalue weighted by atomic mass is 32.1. The molecule has 4 nitrogen and oxygen atoms in total. The molecule has 0 aliphatic carbocycles. The minimum Gasteiger partial charge on any atom is -0.429 e. The Hall–Kier alpha value is -1.50. The van der Waals surface area contributed by atoms with Crippen LogP contribution in [0.3, 0.4) is 0 Å².